The van der Waals surface area contributed by atoms with Gasteiger partial charge in [0.2, 0.25) is 0 Å². The minimum Gasteiger partial charge on any atom is -0.497 e. The van der Waals surface area contributed by atoms with Gasteiger partial charge in [-0.25, -0.2) is 4.79 Å². The highest BCUT2D eigenvalue weighted by Crippen LogP contribution is 2.14. The number of hydrogen-bond acceptors (Lipinski definition) is 4. The number of benzene rings is 1. The zero-order valence-electron chi connectivity index (χ0n) is 10.9. The van der Waals surface area contributed by atoms with Gasteiger partial charge in [-0.15, -0.1) is 0 Å². The second-order valence-electron chi connectivity index (χ2n) is 3.60. The number of hydrogen-bond donors (Lipinski definition) is 3. The molecule has 0 spiro atoms. The zero-order chi connectivity index (χ0) is 15.6. The Morgan fingerprint density at radius 1 is 1.35 bits per heavy atom. The largest absolute Gasteiger partial charge is 0.497 e. The van der Waals surface area contributed by atoms with E-state index in [-0.39, 0.29) is 0 Å². The Labute approximate surface area is 114 Å². The Bertz CT molecular complexity index is 394. The molecule has 5 nitrogen and oxygen atoms in total. The van der Waals surface area contributed by atoms with Crippen LogP contribution in [0.4, 0.5) is 18.9 Å². The quantitative estimate of drug-likeness (QED) is 0.724. The Balaban J connectivity index is 0.000000441. The van der Waals surface area contributed by atoms with Crippen molar-refractivity contribution in [2.24, 2.45) is 5.73 Å². The van der Waals surface area contributed by atoms with E-state index >= 15 is 0 Å². The molecule has 0 fully saturated rings. The second-order valence-corrected chi connectivity index (χ2v) is 3.60. The SMILES string of the molecule is COc1ccc(NCCCN)cc1.O=C(O)C(F)(F)F. The van der Waals surface area contributed by atoms with Gasteiger partial charge in [0.25, 0.3) is 0 Å². The predicted molar refractivity (Wildman–Crippen MR) is 68.8 cm³/mol. The summed E-state index contributed by atoms with van der Waals surface area (Å²) in [6.07, 6.45) is -4.09. The van der Waals surface area contributed by atoms with Gasteiger partial charge in [-0.3, -0.25) is 0 Å². The third-order valence-corrected chi connectivity index (χ3v) is 2.04. The summed E-state index contributed by atoms with van der Waals surface area (Å²) in [7, 11) is 1.66. The number of carbonyl (C=O) groups is 1. The van der Waals surface area contributed by atoms with Gasteiger partial charge in [-0.2, -0.15) is 13.2 Å². The highest BCUT2D eigenvalue weighted by molar-refractivity contribution is 5.73. The van der Waals surface area contributed by atoms with Crippen molar-refractivity contribution >= 4 is 11.7 Å². The van der Waals surface area contributed by atoms with Crippen molar-refractivity contribution in [3.8, 4) is 5.75 Å². The van der Waals surface area contributed by atoms with Crippen LogP contribution in [0, 0.1) is 0 Å². The normalized spacial score (nSPS) is 10.2. The first-order valence-electron chi connectivity index (χ1n) is 5.69. The van der Waals surface area contributed by atoms with Crippen molar-refractivity contribution in [3.05, 3.63) is 24.3 Å². The molecule has 0 bridgehead atoms. The van der Waals surface area contributed by atoms with Crippen LogP contribution in [0.2, 0.25) is 0 Å². The number of alkyl halides is 3. The molecule has 0 radical (unpaired) electrons. The molecule has 0 saturated carbocycles. The van der Waals surface area contributed by atoms with Crippen molar-refractivity contribution in [2.45, 2.75) is 12.6 Å². The summed E-state index contributed by atoms with van der Waals surface area (Å²) in [5.41, 5.74) is 6.48. The summed E-state index contributed by atoms with van der Waals surface area (Å²) in [6.45, 7) is 1.64. The van der Waals surface area contributed by atoms with Crippen LogP contribution in [0.1, 0.15) is 6.42 Å². The monoisotopic (exact) mass is 294 g/mol. The van der Waals surface area contributed by atoms with Crippen LogP contribution in [0.25, 0.3) is 0 Å². The number of carboxylic acids is 1. The van der Waals surface area contributed by atoms with Crippen molar-refractivity contribution in [3.63, 3.8) is 0 Å². The van der Waals surface area contributed by atoms with E-state index in [0.29, 0.717) is 0 Å². The first-order chi connectivity index (χ1) is 9.31. The van der Waals surface area contributed by atoms with E-state index in [4.69, 9.17) is 20.4 Å². The van der Waals surface area contributed by atoms with Crippen molar-refractivity contribution in [2.75, 3.05) is 25.5 Å². The van der Waals surface area contributed by atoms with E-state index in [0.717, 1.165) is 30.9 Å². The number of nitrogens with two attached hydrogens (primary N) is 1. The summed E-state index contributed by atoms with van der Waals surface area (Å²) in [5, 5.41) is 10.4. The molecule has 4 N–H and O–H groups in total. The smallest absolute Gasteiger partial charge is 0.490 e. The molecular formula is C12H17F3N2O3. The number of aliphatic carboxylic acids is 1. The van der Waals surface area contributed by atoms with E-state index in [1.54, 1.807) is 7.11 Å². The lowest BCUT2D eigenvalue weighted by Gasteiger charge is -2.05. The van der Waals surface area contributed by atoms with Crippen LogP contribution >= 0.6 is 0 Å². The third kappa shape index (κ3) is 8.20. The minimum absolute atomic E-state index is 0.725. The number of methoxy groups -OCH3 is 1. The summed E-state index contributed by atoms with van der Waals surface area (Å²) in [4.78, 5) is 8.90. The molecule has 20 heavy (non-hydrogen) atoms. The third-order valence-electron chi connectivity index (χ3n) is 2.04. The average molecular weight is 294 g/mol. The lowest BCUT2D eigenvalue weighted by molar-refractivity contribution is -0.192. The minimum atomic E-state index is -5.08. The lowest BCUT2D eigenvalue weighted by atomic mass is 10.3. The molecule has 1 rings (SSSR count). The fourth-order valence-corrected chi connectivity index (χ4v) is 1.04. The van der Waals surface area contributed by atoms with Gasteiger partial charge in [0.05, 0.1) is 7.11 Å². The Morgan fingerprint density at radius 3 is 2.20 bits per heavy atom. The van der Waals surface area contributed by atoms with Gasteiger partial charge in [-0.05, 0) is 37.2 Å². The summed E-state index contributed by atoms with van der Waals surface area (Å²) < 4.78 is 36.8. The van der Waals surface area contributed by atoms with Crippen LogP contribution in [0.15, 0.2) is 24.3 Å². The maximum atomic E-state index is 10.6. The molecule has 1 aromatic rings. The van der Waals surface area contributed by atoms with Crippen LogP contribution in [-0.4, -0.2) is 37.5 Å². The van der Waals surface area contributed by atoms with Gasteiger partial charge < -0.3 is 20.9 Å². The van der Waals surface area contributed by atoms with Crippen molar-refractivity contribution < 1.29 is 27.8 Å². The van der Waals surface area contributed by atoms with Gasteiger partial charge in [-0.1, -0.05) is 0 Å². The first-order valence-corrected chi connectivity index (χ1v) is 5.69. The van der Waals surface area contributed by atoms with E-state index in [2.05, 4.69) is 5.32 Å². The Kier molecular flexibility index (Phi) is 8.14. The summed E-state index contributed by atoms with van der Waals surface area (Å²) in [6, 6.07) is 7.86. The fraction of sp³-hybridized carbons (Fsp3) is 0.417. The molecule has 0 heterocycles. The van der Waals surface area contributed by atoms with Gasteiger partial charge in [0.15, 0.2) is 0 Å². The number of nitrogens with one attached hydrogen (secondary N) is 1. The number of ether oxygens (including phenoxy) is 1. The Hall–Kier alpha value is -1.96. The van der Waals surface area contributed by atoms with Gasteiger partial charge in [0.1, 0.15) is 5.75 Å². The summed E-state index contributed by atoms with van der Waals surface area (Å²) in [5.74, 6) is -1.88. The summed E-state index contributed by atoms with van der Waals surface area (Å²) >= 11 is 0. The van der Waals surface area contributed by atoms with Gasteiger partial charge in [0, 0.05) is 12.2 Å². The van der Waals surface area contributed by atoms with Crippen molar-refractivity contribution in [1.29, 1.82) is 0 Å². The highest BCUT2D eigenvalue weighted by atomic mass is 19.4. The maximum Gasteiger partial charge on any atom is 0.490 e. The molecule has 1 aromatic carbocycles. The van der Waals surface area contributed by atoms with Crippen molar-refractivity contribution in [1.82, 2.24) is 0 Å². The molecule has 8 heteroatoms. The molecular weight excluding hydrogens is 277 g/mol. The van der Waals surface area contributed by atoms with Gasteiger partial charge >= 0.3 is 12.1 Å². The highest BCUT2D eigenvalue weighted by Gasteiger charge is 2.38. The number of anilines is 1. The zero-order valence-corrected chi connectivity index (χ0v) is 10.9. The molecule has 0 aliphatic rings. The lowest BCUT2D eigenvalue weighted by Crippen LogP contribution is -2.21. The number of halogens is 3. The molecule has 0 saturated heterocycles. The average Bonchev–Trinajstić information content (AvgIpc) is 2.39. The molecule has 0 aliphatic carbocycles. The first kappa shape index (κ1) is 18.0. The van der Waals surface area contributed by atoms with Crippen LogP contribution in [-0.2, 0) is 4.79 Å². The number of carboxylic acid groups (broad SMARTS) is 1. The number of rotatable bonds is 5. The molecule has 0 aliphatic heterocycles. The maximum absolute atomic E-state index is 10.6. The fourth-order valence-electron chi connectivity index (χ4n) is 1.04. The van der Waals surface area contributed by atoms with E-state index in [9.17, 15) is 13.2 Å². The molecule has 0 unspecified atom stereocenters. The van der Waals surface area contributed by atoms with E-state index < -0.39 is 12.1 Å². The Morgan fingerprint density at radius 2 is 1.85 bits per heavy atom. The van der Waals surface area contributed by atoms with Crippen LogP contribution < -0.4 is 15.8 Å². The standard InChI is InChI=1S/C10H16N2O.C2HF3O2/c1-13-10-5-3-9(4-6-10)12-8-2-7-11;3-2(4,5)1(6)7/h3-6,12H,2,7-8,11H2,1H3;(H,6,7). The topological polar surface area (TPSA) is 84.6 Å². The molecule has 0 atom stereocenters. The van der Waals surface area contributed by atoms with E-state index in [1.807, 2.05) is 24.3 Å². The second kappa shape index (κ2) is 9.03. The van der Waals surface area contributed by atoms with E-state index in [1.165, 1.54) is 0 Å². The van der Waals surface area contributed by atoms with Crippen LogP contribution in [0.5, 0.6) is 5.75 Å². The molecule has 0 amide bonds. The molecule has 114 valence electrons. The predicted octanol–water partition coefficient (Wildman–Crippen LogP) is 2.09. The molecule has 0 aromatic heterocycles. The van der Waals surface area contributed by atoms with Crippen LogP contribution in [0.3, 0.4) is 0 Å².